The highest BCUT2D eigenvalue weighted by Crippen LogP contribution is 2.26. The molecule has 1 heterocycles. The van der Waals surface area contributed by atoms with Gasteiger partial charge in [0.05, 0.1) is 0 Å². The standard InChI is InChI=1S/C16H16N2O2/c1-16(2)9-12(14(10-17)15(20)18-16)6-3-11-4-7-13(19)8-5-11/h3-8,19H,9H2,1-2H3,(H,18,20)/b6-3+. The lowest BCUT2D eigenvalue weighted by Crippen LogP contribution is -2.47. The number of nitrogens with one attached hydrogen (secondary N) is 1. The normalized spacial score (nSPS) is 17.9. The minimum Gasteiger partial charge on any atom is -0.508 e. The topological polar surface area (TPSA) is 73.1 Å². The Labute approximate surface area is 118 Å². The van der Waals surface area contributed by atoms with Gasteiger partial charge < -0.3 is 10.4 Å². The summed E-state index contributed by atoms with van der Waals surface area (Å²) in [6, 6.07) is 8.69. The number of phenols is 1. The number of allylic oxidation sites excluding steroid dienone is 1. The van der Waals surface area contributed by atoms with Gasteiger partial charge in [0, 0.05) is 5.54 Å². The number of rotatable bonds is 2. The summed E-state index contributed by atoms with van der Waals surface area (Å²) < 4.78 is 0. The van der Waals surface area contributed by atoms with E-state index >= 15 is 0 Å². The van der Waals surface area contributed by atoms with Crippen LogP contribution in [0.2, 0.25) is 0 Å². The third-order valence-electron chi connectivity index (χ3n) is 3.11. The smallest absolute Gasteiger partial charge is 0.262 e. The maximum Gasteiger partial charge on any atom is 0.262 e. The van der Waals surface area contributed by atoms with Crippen molar-refractivity contribution in [3.8, 4) is 11.8 Å². The molecule has 0 atom stereocenters. The maximum atomic E-state index is 11.8. The first-order valence-electron chi connectivity index (χ1n) is 6.34. The third-order valence-corrected chi connectivity index (χ3v) is 3.11. The largest absolute Gasteiger partial charge is 0.508 e. The first kappa shape index (κ1) is 13.9. The summed E-state index contributed by atoms with van der Waals surface area (Å²) in [6.07, 6.45) is 4.24. The van der Waals surface area contributed by atoms with Gasteiger partial charge in [0.1, 0.15) is 17.4 Å². The van der Waals surface area contributed by atoms with E-state index in [0.717, 1.165) is 11.1 Å². The van der Waals surface area contributed by atoms with Crippen LogP contribution in [0.4, 0.5) is 0 Å². The predicted molar refractivity (Wildman–Crippen MR) is 76.6 cm³/mol. The Hall–Kier alpha value is -2.54. The highest BCUT2D eigenvalue weighted by molar-refractivity contribution is 6.00. The summed E-state index contributed by atoms with van der Waals surface area (Å²) in [5.74, 6) is -0.119. The molecule has 0 fully saturated rings. The molecule has 0 spiro atoms. The van der Waals surface area contributed by atoms with Gasteiger partial charge in [-0.25, -0.2) is 0 Å². The molecule has 1 aliphatic rings. The van der Waals surface area contributed by atoms with Crippen LogP contribution in [-0.4, -0.2) is 16.6 Å². The quantitative estimate of drug-likeness (QED) is 0.865. The summed E-state index contributed by atoms with van der Waals surface area (Å²) in [5.41, 5.74) is 1.44. The van der Waals surface area contributed by atoms with E-state index < -0.39 is 0 Å². The molecule has 2 rings (SSSR count). The second-order valence-electron chi connectivity index (χ2n) is 5.45. The molecule has 2 N–H and O–H groups in total. The number of aromatic hydroxyl groups is 1. The van der Waals surface area contributed by atoms with Gasteiger partial charge in [-0.05, 0) is 43.5 Å². The number of carbonyl (C=O) groups is 1. The van der Waals surface area contributed by atoms with Crippen LogP contribution in [0, 0.1) is 11.3 Å². The van der Waals surface area contributed by atoms with Crippen molar-refractivity contribution >= 4 is 12.0 Å². The van der Waals surface area contributed by atoms with Crippen LogP contribution in [0.5, 0.6) is 5.75 Å². The first-order chi connectivity index (χ1) is 9.41. The lowest BCUT2D eigenvalue weighted by atomic mass is 9.87. The van der Waals surface area contributed by atoms with E-state index in [2.05, 4.69) is 5.32 Å². The van der Waals surface area contributed by atoms with Crippen LogP contribution in [0.15, 0.2) is 41.5 Å². The zero-order chi connectivity index (χ0) is 14.8. The van der Waals surface area contributed by atoms with Gasteiger partial charge in [-0.15, -0.1) is 0 Å². The highest BCUT2D eigenvalue weighted by Gasteiger charge is 2.30. The lowest BCUT2D eigenvalue weighted by molar-refractivity contribution is -0.119. The molecule has 1 aromatic carbocycles. The average Bonchev–Trinajstić information content (AvgIpc) is 2.36. The molecule has 102 valence electrons. The van der Waals surface area contributed by atoms with Crippen molar-refractivity contribution in [2.45, 2.75) is 25.8 Å². The van der Waals surface area contributed by atoms with Crippen LogP contribution in [0.3, 0.4) is 0 Å². The molecule has 0 bridgehead atoms. The number of hydrogen-bond acceptors (Lipinski definition) is 3. The van der Waals surface area contributed by atoms with Gasteiger partial charge in [-0.2, -0.15) is 5.26 Å². The van der Waals surface area contributed by atoms with Crippen LogP contribution < -0.4 is 5.32 Å². The van der Waals surface area contributed by atoms with E-state index in [1.807, 2.05) is 26.0 Å². The van der Waals surface area contributed by atoms with Crippen LogP contribution >= 0.6 is 0 Å². The van der Waals surface area contributed by atoms with Gasteiger partial charge in [0.15, 0.2) is 0 Å². The van der Waals surface area contributed by atoms with E-state index in [-0.39, 0.29) is 22.8 Å². The summed E-state index contributed by atoms with van der Waals surface area (Å²) in [4.78, 5) is 11.8. The molecular formula is C16H16N2O2. The third kappa shape index (κ3) is 3.07. The summed E-state index contributed by atoms with van der Waals surface area (Å²) in [6.45, 7) is 3.85. The Kier molecular flexibility index (Phi) is 3.62. The van der Waals surface area contributed by atoms with Crippen molar-refractivity contribution < 1.29 is 9.90 Å². The number of hydrogen-bond donors (Lipinski definition) is 2. The second-order valence-corrected chi connectivity index (χ2v) is 5.45. The van der Waals surface area contributed by atoms with E-state index in [0.29, 0.717) is 6.42 Å². The van der Waals surface area contributed by atoms with Gasteiger partial charge in [0.2, 0.25) is 0 Å². The lowest BCUT2D eigenvalue weighted by Gasteiger charge is -2.31. The number of nitrogens with zero attached hydrogens (tertiary/aromatic N) is 1. The molecular weight excluding hydrogens is 252 g/mol. The summed E-state index contributed by atoms with van der Waals surface area (Å²) in [5, 5.41) is 21.1. The highest BCUT2D eigenvalue weighted by atomic mass is 16.3. The molecule has 0 radical (unpaired) electrons. The molecule has 0 saturated heterocycles. The van der Waals surface area contributed by atoms with Gasteiger partial charge in [-0.3, -0.25) is 4.79 Å². The van der Waals surface area contributed by atoms with Crippen molar-refractivity contribution in [2.75, 3.05) is 0 Å². The van der Waals surface area contributed by atoms with Crippen molar-refractivity contribution in [3.05, 3.63) is 47.1 Å². The van der Waals surface area contributed by atoms with E-state index in [9.17, 15) is 9.90 Å². The Morgan fingerprint density at radius 2 is 1.95 bits per heavy atom. The molecule has 20 heavy (non-hydrogen) atoms. The second kappa shape index (κ2) is 5.22. The number of amides is 1. The zero-order valence-electron chi connectivity index (χ0n) is 11.5. The van der Waals surface area contributed by atoms with Crippen LogP contribution in [0.25, 0.3) is 6.08 Å². The fourth-order valence-corrected chi connectivity index (χ4v) is 2.17. The van der Waals surface area contributed by atoms with Gasteiger partial charge in [0.25, 0.3) is 5.91 Å². The predicted octanol–water partition coefficient (Wildman–Crippen LogP) is 2.52. The van der Waals surface area contributed by atoms with Crippen molar-refractivity contribution in [1.29, 1.82) is 5.26 Å². The number of phenolic OH excluding ortho intramolecular Hbond substituents is 1. The number of nitriles is 1. The Morgan fingerprint density at radius 3 is 2.55 bits per heavy atom. The average molecular weight is 268 g/mol. The molecule has 0 aliphatic carbocycles. The van der Waals surface area contributed by atoms with Crippen LogP contribution in [0.1, 0.15) is 25.8 Å². The fraction of sp³-hybridized carbons (Fsp3) is 0.250. The summed E-state index contributed by atoms with van der Waals surface area (Å²) >= 11 is 0. The maximum absolute atomic E-state index is 11.8. The minimum absolute atomic E-state index is 0.166. The molecule has 1 amide bonds. The molecule has 0 saturated carbocycles. The Balaban J connectivity index is 2.32. The minimum atomic E-state index is -0.355. The number of benzene rings is 1. The molecule has 0 unspecified atom stereocenters. The van der Waals surface area contributed by atoms with Gasteiger partial charge in [-0.1, -0.05) is 24.3 Å². The number of carbonyl (C=O) groups excluding carboxylic acids is 1. The molecule has 1 aliphatic heterocycles. The van der Waals surface area contributed by atoms with E-state index in [4.69, 9.17) is 5.26 Å². The molecule has 4 heteroatoms. The Morgan fingerprint density at radius 1 is 1.30 bits per heavy atom. The molecule has 1 aromatic rings. The van der Waals surface area contributed by atoms with Gasteiger partial charge >= 0.3 is 0 Å². The SMILES string of the molecule is CC1(C)CC(/C=C/c2ccc(O)cc2)=C(C#N)C(=O)N1. The molecule has 4 nitrogen and oxygen atoms in total. The van der Waals surface area contributed by atoms with Crippen molar-refractivity contribution in [3.63, 3.8) is 0 Å². The van der Waals surface area contributed by atoms with E-state index in [1.54, 1.807) is 30.3 Å². The summed E-state index contributed by atoms with van der Waals surface area (Å²) in [7, 11) is 0. The molecule has 0 aromatic heterocycles. The zero-order valence-corrected chi connectivity index (χ0v) is 11.5. The van der Waals surface area contributed by atoms with Crippen LogP contribution in [-0.2, 0) is 4.79 Å². The fourth-order valence-electron chi connectivity index (χ4n) is 2.17. The van der Waals surface area contributed by atoms with Crippen molar-refractivity contribution in [2.24, 2.45) is 0 Å². The van der Waals surface area contributed by atoms with Crippen molar-refractivity contribution in [1.82, 2.24) is 5.32 Å². The monoisotopic (exact) mass is 268 g/mol. The Bertz CT molecular complexity index is 631. The van der Waals surface area contributed by atoms with E-state index in [1.165, 1.54) is 0 Å². The first-order valence-corrected chi connectivity index (χ1v) is 6.34.